The zero-order valence-electron chi connectivity index (χ0n) is 10.9. The van der Waals surface area contributed by atoms with Crippen LogP contribution in [-0.4, -0.2) is 32.5 Å². The van der Waals surface area contributed by atoms with Crippen molar-refractivity contribution in [2.45, 2.75) is 57.8 Å². The van der Waals surface area contributed by atoms with Crippen LogP contribution in [0.5, 0.6) is 0 Å². The first-order valence-electron chi connectivity index (χ1n) is 6.30. The maximum Gasteiger partial charge on any atom is 0.111 e. The Morgan fingerprint density at radius 3 is 2.94 bits per heavy atom. The van der Waals surface area contributed by atoms with Crippen LogP contribution in [0.3, 0.4) is 0 Å². The van der Waals surface area contributed by atoms with Crippen LogP contribution in [0.2, 0.25) is 0 Å². The van der Waals surface area contributed by atoms with Gasteiger partial charge in [0.15, 0.2) is 0 Å². The van der Waals surface area contributed by atoms with Crippen LogP contribution in [0.1, 0.15) is 39.4 Å². The minimum atomic E-state index is -0.681. The molecule has 0 aliphatic carbocycles. The summed E-state index contributed by atoms with van der Waals surface area (Å²) in [4.78, 5) is 4.34. The summed E-state index contributed by atoms with van der Waals surface area (Å²) in [5, 5.41) is 10.7. The Hall–Kier alpha value is -0.870. The molecule has 0 spiro atoms. The van der Waals surface area contributed by atoms with Gasteiger partial charge in [0.2, 0.25) is 0 Å². The van der Waals surface area contributed by atoms with E-state index < -0.39 is 5.60 Å². The zero-order chi connectivity index (χ0) is 12.5. The predicted molar refractivity (Wildman–Crippen MR) is 65.8 cm³/mol. The van der Waals surface area contributed by atoms with Crippen LogP contribution in [-0.2, 0) is 17.7 Å². The molecule has 1 saturated heterocycles. The largest absolute Gasteiger partial charge is 0.389 e. The average Bonchev–Trinajstić information content (AvgIpc) is 2.62. The van der Waals surface area contributed by atoms with E-state index >= 15 is 0 Å². The van der Waals surface area contributed by atoms with E-state index in [1.165, 1.54) is 0 Å². The molecular formula is C13H22N2O2. The first-order chi connectivity index (χ1) is 7.94. The summed E-state index contributed by atoms with van der Waals surface area (Å²) >= 11 is 0. The Balaban J connectivity index is 2.12. The number of hydrogen-bond acceptors (Lipinski definition) is 3. The minimum Gasteiger partial charge on any atom is -0.389 e. The quantitative estimate of drug-likeness (QED) is 0.873. The normalized spacial score (nSPS) is 28.2. The molecule has 1 aromatic rings. The molecule has 96 valence electrons. The Kier molecular flexibility index (Phi) is 3.27. The van der Waals surface area contributed by atoms with Gasteiger partial charge in [-0.25, -0.2) is 4.98 Å². The number of hydrogen-bond donors (Lipinski definition) is 1. The first kappa shape index (κ1) is 12.6. The van der Waals surface area contributed by atoms with Gasteiger partial charge in [-0.3, -0.25) is 0 Å². The summed E-state index contributed by atoms with van der Waals surface area (Å²) < 4.78 is 7.73. The molecule has 4 heteroatoms. The van der Waals surface area contributed by atoms with Crippen LogP contribution in [0.25, 0.3) is 0 Å². The molecular weight excluding hydrogens is 216 g/mol. The van der Waals surface area contributed by atoms with Gasteiger partial charge < -0.3 is 14.4 Å². The molecule has 0 radical (unpaired) electrons. The van der Waals surface area contributed by atoms with Crippen molar-refractivity contribution in [3.05, 3.63) is 18.2 Å². The number of ether oxygens (including phenoxy) is 1. The van der Waals surface area contributed by atoms with Crippen molar-refractivity contribution in [1.29, 1.82) is 0 Å². The second-order valence-electron chi connectivity index (χ2n) is 5.57. The molecule has 0 saturated carbocycles. The van der Waals surface area contributed by atoms with Gasteiger partial charge in [-0.15, -0.1) is 0 Å². The summed E-state index contributed by atoms with van der Waals surface area (Å²) in [5.74, 6) is 0.965. The van der Waals surface area contributed by atoms with Gasteiger partial charge in [0.25, 0.3) is 0 Å². The van der Waals surface area contributed by atoms with Gasteiger partial charge in [-0.2, -0.15) is 0 Å². The van der Waals surface area contributed by atoms with Gasteiger partial charge in [0.05, 0.1) is 17.8 Å². The van der Waals surface area contributed by atoms with E-state index in [9.17, 15) is 5.11 Å². The van der Waals surface area contributed by atoms with Crippen molar-refractivity contribution < 1.29 is 9.84 Å². The number of aliphatic hydroxyl groups is 1. The van der Waals surface area contributed by atoms with E-state index in [0.29, 0.717) is 25.9 Å². The monoisotopic (exact) mass is 238 g/mol. The highest BCUT2D eigenvalue weighted by atomic mass is 16.5. The molecule has 1 aromatic heterocycles. The highest BCUT2D eigenvalue weighted by Crippen LogP contribution is 2.34. The summed E-state index contributed by atoms with van der Waals surface area (Å²) in [7, 11) is 0. The molecule has 0 amide bonds. The third-order valence-electron chi connectivity index (χ3n) is 3.44. The topological polar surface area (TPSA) is 47.3 Å². The maximum atomic E-state index is 10.7. The van der Waals surface area contributed by atoms with Crippen molar-refractivity contribution in [3.8, 4) is 0 Å². The summed E-state index contributed by atoms with van der Waals surface area (Å²) in [6.07, 6.45) is 5.72. The fourth-order valence-corrected chi connectivity index (χ4v) is 2.69. The summed E-state index contributed by atoms with van der Waals surface area (Å²) in [5.41, 5.74) is -0.920. The zero-order valence-corrected chi connectivity index (χ0v) is 10.9. The lowest BCUT2D eigenvalue weighted by Crippen LogP contribution is -2.47. The number of nitrogens with zero attached hydrogens (tertiary/aromatic N) is 2. The Morgan fingerprint density at radius 1 is 1.53 bits per heavy atom. The second kappa shape index (κ2) is 4.42. The molecule has 1 atom stereocenters. The van der Waals surface area contributed by atoms with Crippen LogP contribution in [0.4, 0.5) is 0 Å². The Morgan fingerprint density at radius 2 is 2.29 bits per heavy atom. The van der Waals surface area contributed by atoms with Gasteiger partial charge in [-0.1, -0.05) is 0 Å². The van der Waals surface area contributed by atoms with Crippen LogP contribution in [0, 0.1) is 0 Å². The van der Waals surface area contributed by atoms with E-state index in [4.69, 9.17) is 4.74 Å². The molecule has 4 nitrogen and oxygen atoms in total. The minimum absolute atomic E-state index is 0.239. The van der Waals surface area contributed by atoms with E-state index in [1.807, 2.05) is 20.0 Å². The first-order valence-corrected chi connectivity index (χ1v) is 6.30. The predicted octanol–water partition coefficient (Wildman–Crippen LogP) is 1.77. The molecule has 1 unspecified atom stereocenters. The van der Waals surface area contributed by atoms with Crippen molar-refractivity contribution in [3.63, 3.8) is 0 Å². The summed E-state index contributed by atoms with van der Waals surface area (Å²) in [6.45, 7) is 7.66. The number of aromatic nitrogens is 2. The lowest BCUT2D eigenvalue weighted by molar-refractivity contribution is -0.144. The highest BCUT2D eigenvalue weighted by Gasteiger charge is 2.40. The molecule has 1 N–H and O–H groups in total. The Labute approximate surface area is 103 Å². The smallest absolute Gasteiger partial charge is 0.111 e. The van der Waals surface area contributed by atoms with Crippen LogP contribution >= 0.6 is 0 Å². The fraction of sp³-hybridized carbons (Fsp3) is 0.769. The average molecular weight is 238 g/mol. The molecule has 0 bridgehead atoms. The molecule has 2 rings (SSSR count). The fourth-order valence-electron chi connectivity index (χ4n) is 2.69. The SMILES string of the molecule is CCn1ccnc1CC1(O)CCOC(C)(C)C1. The number of rotatable bonds is 3. The van der Waals surface area contributed by atoms with Crippen molar-refractivity contribution in [2.75, 3.05) is 6.61 Å². The van der Waals surface area contributed by atoms with Gasteiger partial charge in [-0.05, 0) is 20.8 Å². The van der Waals surface area contributed by atoms with Gasteiger partial charge >= 0.3 is 0 Å². The van der Waals surface area contributed by atoms with Crippen molar-refractivity contribution in [1.82, 2.24) is 9.55 Å². The number of aryl methyl sites for hydroxylation is 1. The standard InChI is InChI=1S/C13H22N2O2/c1-4-15-7-6-14-11(15)9-13(16)5-8-17-12(2,3)10-13/h6-7,16H,4-5,8-10H2,1-3H3. The molecule has 1 fully saturated rings. The third-order valence-corrected chi connectivity index (χ3v) is 3.44. The third kappa shape index (κ3) is 2.87. The Bertz CT molecular complexity index is 387. The molecule has 2 heterocycles. The van der Waals surface area contributed by atoms with E-state index in [1.54, 1.807) is 6.20 Å². The second-order valence-corrected chi connectivity index (χ2v) is 5.57. The van der Waals surface area contributed by atoms with Crippen molar-refractivity contribution in [2.24, 2.45) is 0 Å². The highest BCUT2D eigenvalue weighted by molar-refractivity contribution is 5.02. The van der Waals surface area contributed by atoms with Crippen LogP contribution in [0.15, 0.2) is 12.4 Å². The molecule has 0 aromatic carbocycles. The van der Waals surface area contributed by atoms with Crippen LogP contribution < -0.4 is 0 Å². The van der Waals surface area contributed by atoms with E-state index in [0.717, 1.165) is 12.4 Å². The molecule has 1 aliphatic heterocycles. The molecule has 17 heavy (non-hydrogen) atoms. The van der Waals surface area contributed by atoms with E-state index in [2.05, 4.69) is 16.5 Å². The number of imidazole rings is 1. The lowest BCUT2D eigenvalue weighted by atomic mass is 9.82. The lowest BCUT2D eigenvalue weighted by Gasteiger charge is -2.41. The van der Waals surface area contributed by atoms with E-state index in [-0.39, 0.29) is 5.60 Å². The summed E-state index contributed by atoms with van der Waals surface area (Å²) in [6, 6.07) is 0. The van der Waals surface area contributed by atoms with Gasteiger partial charge in [0.1, 0.15) is 5.82 Å². The van der Waals surface area contributed by atoms with Gasteiger partial charge in [0, 0.05) is 38.2 Å². The van der Waals surface area contributed by atoms with Crippen molar-refractivity contribution >= 4 is 0 Å². The molecule has 1 aliphatic rings. The maximum absolute atomic E-state index is 10.7.